The monoisotopic (exact) mass is 446 g/mol. The van der Waals surface area contributed by atoms with Gasteiger partial charge in [-0.05, 0) is 49.2 Å². The lowest BCUT2D eigenvalue weighted by Gasteiger charge is -2.36. The van der Waals surface area contributed by atoms with Crippen LogP contribution < -0.4 is 19.7 Å². The van der Waals surface area contributed by atoms with E-state index in [0.29, 0.717) is 24.7 Å². The molecule has 3 aromatic rings. The number of para-hydroxylation sites is 1. The summed E-state index contributed by atoms with van der Waals surface area (Å²) in [6.07, 6.45) is 0.845. The number of aromatic nitrogens is 1. The summed E-state index contributed by atoms with van der Waals surface area (Å²) in [5.41, 5.74) is 3.70. The maximum atomic E-state index is 12.9. The molecule has 0 atom stereocenters. The van der Waals surface area contributed by atoms with E-state index in [-0.39, 0.29) is 6.03 Å². The lowest BCUT2D eigenvalue weighted by molar-refractivity contribution is 0.208. The van der Waals surface area contributed by atoms with E-state index in [4.69, 9.17) is 9.47 Å². The zero-order chi connectivity index (χ0) is 23.2. The second-order valence-electron chi connectivity index (χ2n) is 7.96. The Morgan fingerprint density at radius 2 is 1.73 bits per heavy atom. The molecule has 7 nitrogen and oxygen atoms in total. The molecule has 1 fully saturated rings. The lowest BCUT2D eigenvalue weighted by Crippen LogP contribution is -2.50. The van der Waals surface area contributed by atoms with Crippen LogP contribution in [-0.2, 0) is 6.42 Å². The van der Waals surface area contributed by atoms with Crippen molar-refractivity contribution in [1.29, 1.82) is 0 Å². The van der Waals surface area contributed by atoms with Gasteiger partial charge in [0.15, 0.2) is 0 Å². The number of amides is 2. The summed E-state index contributed by atoms with van der Waals surface area (Å²) in [5.74, 6) is 2.04. The quantitative estimate of drug-likeness (QED) is 0.570. The molecule has 7 heteroatoms. The zero-order valence-electron chi connectivity index (χ0n) is 19.4. The van der Waals surface area contributed by atoms with Gasteiger partial charge in [-0.15, -0.1) is 0 Å². The molecule has 1 saturated heterocycles. The van der Waals surface area contributed by atoms with Crippen molar-refractivity contribution in [2.75, 3.05) is 43.5 Å². The average molecular weight is 447 g/mol. The maximum absolute atomic E-state index is 12.9. The number of methoxy groups -OCH3 is 1. The number of benzene rings is 2. The van der Waals surface area contributed by atoms with Gasteiger partial charge in [0.25, 0.3) is 0 Å². The number of urea groups is 1. The smallest absolute Gasteiger partial charge is 0.322 e. The van der Waals surface area contributed by atoms with Gasteiger partial charge < -0.3 is 24.6 Å². The van der Waals surface area contributed by atoms with Crippen LogP contribution in [0.15, 0.2) is 60.7 Å². The third-order valence-corrected chi connectivity index (χ3v) is 5.83. The van der Waals surface area contributed by atoms with Gasteiger partial charge in [-0.25, -0.2) is 9.78 Å². The zero-order valence-corrected chi connectivity index (χ0v) is 19.4. The summed E-state index contributed by atoms with van der Waals surface area (Å²) >= 11 is 0. The Kier molecular flexibility index (Phi) is 6.98. The number of nitrogens with zero attached hydrogens (tertiary/aromatic N) is 3. The molecular weight excluding hydrogens is 416 g/mol. The predicted molar refractivity (Wildman–Crippen MR) is 131 cm³/mol. The van der Waals surface area contributed by atoms with Crippen LogP contribution in [0.5, 0.6) is 17.4 Å². The minimum Gasteiger partial charge on any atom is -0.480 e. The fraction of sp³-hybridized carbons (Fsp3) is 0.308. The largest absolute Gasteiger partial charge is 0.480 e. The minimum absolute atomic E-state index is 0.137. The number of rotatable bonds is 6. The molecule has 0 unspecified atom stereocenters. The number of hydrogen-bond acceptors (Lipinski definition) is 5. The van der Waals surface area contributed by atoms with Crippen LogP contribution in [0, 0.1) is 6.92 Å². The standard InChI is InChI=1S/C26H30N4O3/c1-4-20-17-24(25(32-3)27-19(20)2)28-26(31)30-15-13-29(14-16-30)21-9-8-12-23(18-21)33-22-10-6-5-7-11-22/h5-12,17-18H,4,13-16H2,1-3H3,(H,28,31). The molecule has 0 bridgehead atoms. The van der Waals surface area contributed by atoms with Crippen LogP contribution in [-0.4, -0.2) is 49.2 Å². The van der Waals surface area contributed by atoms with E-state index in [1.807, 2.05) is 66.4 Å². The van der Waals surface area contributed by atoms with Gasteiger partial charge in [-0.1, -0.05) is 31.2 Å². The third kappa shape index (κ3) is 5.37. The highest BCUT2D eigenvalue weighted by Gasteiger charge is 2.23. The van der Waals surface area contributed by atoms with Gasteiger partial charge in [0, 0.05) is 43.6 Å². The number of nitrogens with one attached hydrogen (secondary N) is 1. The molecule has 1 aliphatic rings. The number of pyridine rings is 1. The van der Waals surface area contributed by atoms with Crippen LogP contribution in [0.4, 0.5) is 16.2 Å². The Balaban J connectivity index is 1.37. The first-order valence-corrected chi connectivity index (χ1v) is 11.3. The fourth-order valence-electron chi connectivity index (χ4n) is 3.96. The van der Waals surface area contributed by atoms with E-state index < -0.39 is 0 Å². The van der Waals surface area contributed by atoms with Gasteiger partial charge in [-0.3, -0.25) is 0 Å². The number of hydrogen-bond donors (Lipinski definition) is 1. The van der Waals surface area contributed by atoms with E-state index in [2.05, 4.69) is 28.2 Å². The van der Waals surface area contributed by atoms with Gasteiger partial charge in [-0.2, -0.15) is 0 Å². The minimum atomic E-state index is -0.137. The maximum Gasteiger partial charge on any atom is 0.322 e. The van der Waals surface area contributed by atoms with Crippen molar-refractivity contribution in [2.45, 2.75) is 20.3 Å². The van der Waals surface area contributed by atoms with Crippen LogP contribution in [0.25, 0.3) is 0 Å². The molecule has 1 aromatic heterocycles. The van der Waals surface area contributed by atoms with E-state index in [1.165, 1.54) is 0 Å². The molecule has 1 N–H and O–H groups in total. The summed E-state index contributed by atoms with van der Waals surface area (Å²) in [4.78, 5) is 21.5. The molecule has 172 valence electrons. The predicted octanol–water partition coefficient (Wildman–Crippen LogP) is 5.11. The van der Waals surface area contributed by atoms with E-state index in [1.54, 1.807) is 7.11 Å². The van der Waals surface area contributed by atoms with Crippen molar-refractivity contribution in [3.05, 3.63) is 71.9 Å². The molecule has 1 aliphatic heterocycles. The van der Waals surface area contributed by atoms with Crippen molar-refractivity contribution in [1.82, 2.24) is 9.88 Å². The molecule has 0 radical (unpaired) electrons. The molecule has 0 spiro atoms. The Bertz CT molecular complexity index is 1100. The van der Waals surface area contributed by atoms with E-state index >= 15 is 0 Å². The van der Waals surface area contributed by atoms with Gasteiger partial charge >= 0.3 is 6.03 Å². The highest BCUT2D eigenvalue weighted by Crippen LogP contribution is 2.28. The first kappa shape index (κ1) is 22.5. The first-order chi connectivity index (χ1) is 16.1. The van der Waals surface area contributed by atoms with Gasteiger partial charge in [0.1, 0.15) is 17.2 Å². The Morgan fingerprint density at radius 3 is 2.42 bits per heavy atom. The molecule has 2 aromatic carbocycles. The van der Waals surface area contributed by atoms with Gasteiger partial charge in [0.05, 0.1) is 7.11 Å². The number of anilines is 2. The number of aryl methyl sites for hydroxylation is 2. The second kappa shape index (κ2) is 10.3. The SMILES string of the molecule is CCc1cc(NC(=O)N2CCN(c3cccc(Oc4ccccc4)c3)CC2)c(OC)nc1C. The summed E-state index contributed by atoms with van der Waals surface area (Å²) in [7, 11) is 1.57. The number of carbonyl (C=O) groups excluding carboxylic acids is 1. The molecular formula is C26H30N4O3. The van der Waals surface area contributed by atoms with Crippen LogP contribution in [0.3, 0.4) is 0 Å². The molecule has 0 aliphatic carbocycles. The van der Waals surface area contributed by atoms with Crippen LogP contribution in [0.2, 0.25) is 0 Å². The van der Waals surface area contributed by atoms with E-state index in [9.17, 15) is 4.79 Å². The normalized spacial score (nSPS) is 13.5. The topological polar surface area (TPSA) is 66.9 Å². The Hall–Kier alpha value is -3.74. The molecule has 2 amide bonds. The fourth-order valence-corrected chi connectivity index (χ4v) is 3.96. The molecule has 33 heavy (non-hydrogen) atoms. The lowest BCUT2D eigenvalue weighted by atomic mass is 10.1. The first-order valence-electron chi connectivity index (χ1n) is 11.3. The second-order valence-corrected chi connectivity index (χ2v) is 7.96. The summed E-state index contributed by atoms with van der Waals surface area (Å²) in [5, 5.41) is 2.99. The summed E-state index contributed by atoms with van der Waals surface area (Å²) in [6, 6.07) is 19.6. The molecule has 4 rings (SSSR count). The summed E-state index contributed by atoms with van der Waals surface area (Å²) in [6.45, 7) is 6.75. The van der Waals surface area contributed by atoms with Crippen molar-refractivity contribution in [2.24, 2.45) is 0 Å². The number of carbonyl (C=O) groups is 1. The van der Waals surface area contributed by atoms with Crippen molar-refractivity contribution >= 4 is 17.4 Å². The third-order valence-electron chi connectivity index (χ3n) is 5.83. The molecule has 2 heterocycles. The highest BCUT2D eigenvalue weighted by molar-refractivity contribution is 5.91. The average Bonchev–Trinajstić information content (AvgIpc) is 2.85. The van der Waals surface area contributed by atoms with Crippen LogP contribution in [0.1, 0.15) is 18.2 Å². The number of ether oxygens (including phenoxy) is 2. The van der Waals surface area contributed by atoms with Gasteiger partial charge in [0.2, 0.25) is 5.88 Å². The van der Waals surface area contributed by atoms with Crippen molar-refractivity contribution in [3.63, 3.8) is 0 Å². The summed E-state index contributed by atoms with van der Waals surface area (Å²) < 4.78 is 11.3. The van der Waals surface area contributed by atoms with Crippen molar-refractivity contribution in [3.8, 4) is 17.4 Å². The van der Waals surface area contributed by atoms with Crippen molar-refractivity contribution < 1.29 is 14.3 Å². The Labute approximate surface area is 195 Å². The van der Waals surface area contributed by atoms with Crippen LogP contribution >= 0.6 is 0 Å². The molecule has 0 saturated carbocycles. The van der Waals surface area contributed by atoms with E-state index in [0.717, 1.165) is 48.0 Å². The Morgan fingerprint density at radius 1 is 1.00 bits per heavy atom. The number of piperazine rings is 1. The highest BCUT2D eigenvalue weighted by atomic mass is 16.5.